The third-order valence-electron chi connectivity index (χ3n) is 5.63. The largest absolute Gasteiger partial charge is 0.353 e. The van der Waals surface area contributed by atoms with Crippen LogP contribution in [0, 0.1) is 0 Å². The molecule has 8 heteroatoms. The first-order chi connectivity index (χ1) is 14.4. The number of halogens is 1. The number of pyridine rings is 1. The number of para-hydroxylation sites is 1. The summed E-state index contributed by atoms with van der Waals surface area (Å²) in [4.78, 5) is 9.60. The first kappa shape index (κ1) is 19.4. The molecule has 154 valence electrons. The Hall–Kier alpha value is -2.61. The maximum absolute atomic E-state index is 13.5. The van der Waals surface area contributed by atoms with Crippen molar-refractivity contribution < 1.29 is 8.42 Å². The molecule has 0 radical (unpaired) electrons. The van der Waals surface area contributed by atoms with Crippen LogP contribution in [0.4, 0.5) is 5.82 Å². The molecule has 0 spiro atoms. The molecule has 6 nitrogen and oxygen atoms in total. The van der Waals surface area contributed by atoms with E-state index in [2.05, 4.69) is 16.8 Å². The second-order valence-corrected chi connectivity index (χ2v) is 9.83. The molecular formula is C22H21ClN4O2S. The molecule has 1 aliphatic rings. The van der Waals surface area contributed by atoms with Gasteiger partial charge in [-0.05, 0) is 37.4 Å². The van der Waals surface area contributed by atoms with Crippen molar-refractivity contribution in [2.24, 2.45) is 0 Å². The first-order valence-corrected chi connectivity index (χ1v) is 11.6. The van der Waals surface area contributed by atoms with E-state index in [9.17, 15) is 8.42 Å². The van der Waals surface area contributed by atoms with Gasteiger partial charge in [-0.3, -0.25) is 0 Å². The van der Waals surface area contributed by atoms with Crippen LogP contribution in [0.15, 0.2) is 65.7 Å². The molecule has 3 heterocycles. The normalized spacial score (nSPS) is 15.9. The molecule has 1 fully saturated rings. The third kappa shape index (κ3) is 3.14. The maximum Gasteiger partial charge on any atom is 0.268 e. The molecule has 2 aromatic carbocycles. The van der Waals surface area contributed by atoms with E-state index in [0.717, 1.165) is 48.3 Å². The van der Waals surface area contributed by atoms with Crippen LogP contribution in [0.5, 0.6) is 0 Å². The van der Waals surface area contributed by atoms with Gasteiger partial charge in [0.15, 0.2) is 0 Å². The number of hydrogen-bond donors (Lipinski definition) is 0. The van der Waals surface area contributed by atoms with Gasteiger partial charge in [0.05, 0.1) is 15.9 Å². The lowest BCUT2D eigenvalue weighted by molar-refractivity contribution is 0.312. The third-order valence-corrected chi connectivity index (χ3v) is 7.54. The molecule has 30 heavy (non-hydrogen) atoms. The van der Waals surface area contributed by atoms with Gasteiger partial charge in [-0.2, -0.15) is 0 Å². The van der Waals surface area contributed by atoms with Crippen LogP contribution in [0.2, 0.25) is 5.02 Å². The number of aromatic nitrogens is 2. The zero-order valence-corrected chi connectivity index (χ0v) is 18.1. The van der Waals surface area contributed by atoms with Crippen molar-refractivity contribution in [1.82, 2.24) is 13.9 Å². The number of anilines is 1. The average molecular weight is 441 g/mol. The van der Waals surface area contributed by atoms with Crippen LogP contribution in [0.3, 0.4) is 0 Å². The lowest BCUT2D eigenvalue weighted by atomic mass is 10.1. The molecular weight excluding hydrogens is 420 g/mol. The van der Waals surface area contributed by atoms with Crippen molar-refractivity contribution in [3.8, 4) is 0 Å². The Balaban J connectivity index is 1.77. The van der Waals surface area contributed by atoms with Crippen LogP contribution in [-0.2, 0) is 10.0 Å². The van der Waals surface area contributed by atoms with E-state index >= 15 is 0 Å². The van der Waals surface area contributed by atoms with Crippen molar-refractivity contribution in [1.29, 1.82) is 0 Å². The van der Waals surface area contributed by atoms with Crippen molar-refractivity contribution in [3.05, 3.63) is 65.8 Å². The smallest absolute Gasteiger partial charge is 0.268 e. The fourth-order valence-corrected chi connectivity index (χ4v) is 5.67. The highest BCUT2D eigenvalue weighted by Crippen LogP contribution is 2.35. The Morgan fingerprint density at radius 2 is 1.70 bits per heavy atom. The van der Waals surface area contributed by atoms with E-state index in [1.807, 2.05) is 30.3 Å². The van der Waals surface area contributed by atoms with E-state index in [1.165, 1.54) is 10.0 Å². The molecule has 0 bridgehead atoms. The van der Waals surface area contributed by atoms with Crippen molar-refractivity contribution in [3.63, 3.8) is 0 Å². The maximum atomic E-state index is 13.5. The molecule has 1 saturated heterocycles. The summed E-state index contributed by atoms with van der Waals surface area (Å²) >= 11 is 6.07. The van der Waals surface area contributed by atoms with Gasteiger partial charge in [-0.1, -0.05) is 35.9 Å². The second-order valence-electron chi connectivity index (χ2n) is 7.58. The Bertz CT molecular complexity index is 1360. The van der Waals surface area contributed by atoms with Gasteiger partial charge in [0.2, 0.25) is 0 Å². The molecule has 0 saturated carbocycles. The summed E-state index contributed by atoms with van der Waals surface area (Å²) in [6, 6.07) is 15.9. The Kier molecular flexibility index (Phi) is 4.69. The first-order valence-electron chi connectivity index (χ1n) is 9.79. The van der Waals surface area contributed by atoms with E-state index in [0.29, 0.717) is 10.5 Å². The van der Waals surface area contributed by atoms with Gasteiger partial charge in [0, 0.05) is 48.2 Å². The van der Waals surface area contributed by atoms with Gasteiger partial charge in [0.25, 0.3) is 10.0 Å². The van der Waals surface area contributed by atoms with Crippen molar-refractivity contribution in [2.45, 2.75) is 4.90 Å². The SMILES string of the molecule is CN1CCN(c2nc3ccccc3c3c2ccn3S(=O)(=O)c2cccc(Cl)c2)CC1. The summed E-state index contributed by atoms with van der Waals surface area (Å²) in [6.45, 7) is 3.58. The minimum atomic E-state index is -3.81. The number of piperazine rings is 1. The van der Waals surface area contributed by atoms with E-state index in [-0.39, 0.29) is 4.90 Å². The van der Waals surface area contributed by atoms with Crippen LogP contribution in [0.25, 0.3) is 21.8 Å². The molecule has 5 rings (SSSR count). The molecule has 0 atom stereocenters. The number of fused-ring (bicyclic) bond motifs is 3. The van der Waals surface area contributed by atoms with Crippen molar-refractivity contribution >= 4 is 49.2 Å². The summed E-state index contributed by atoms with van der Waals surface area (Å²) in [5, 5.41) is 2.03. The zero-order chi connectivity index (χ0) is 20.9. The van der Waals surface area contributed by atoms with Gasteiger partial charge in [0.1, 0.15) is 5.82 Å². The molecule has 0 amide bonds. The second kappa shape index (κ2) is 7.27. The lowest BCUT2D eigenvalue weighted by Gasteiger charge is -2.33. The Labute approximate surface area is 180 Å². The summed E-state index contributed by atoms with van der Waals surface area (Å²) in [7, 11) is -1.71. The van der Waals surface area contributed by atoms with Crippen LogP contribution in [0.1, 0.15) is 0 Å². The van der Waals surface area contributed by atoms with Crippen LogP contribution in [-0.4, -0.2) is 55.5 Å². The number of nitrogens with zero attached hydrogens (tertiary/aromatic N) is 4. The molecule has 0 aliphatic carbocycles. The summed E-state index contributed by atoms with van der Waals surface area (Å²) in [5.41, 5.74) is 1.43. The highest BCUT2D eigenvalue weighted by Gasteiger charge is 2.25. The fourth-order valence-electron chi connectivity index (χ4n) is 4.00. The monoisotopic (exact) mass is 440 g/mol. The van der Waals surface area contributed by atoms with Crippen LogP contribution < -0.4 is 4.90 Å². The summed E-state index contributed by atoms with van der Waals surface area (Å²) < 4.78 is 28.4. The summed E-state index contributed by atoms with van der Waals surface area (Å²) in [5.74, 6) is 0.830. The topological polar surface area (TPSA) is 58.4 Å². The standard InChI is InChI=1S/C22H21ClN4O2S/c1-25-11-13-26(14-12-25)22-19-9-10-27(21(19)18-7-2-3-8-20(18)24-22)30(28,29)17-6-4-5-16(23)15-17/h2-10,15H,11-14H2,1H3. The van der Waals surface area contributed by atoms with Gasteiger partial charge < -0.3 is 9.80 Å². The predicted molar refractivity (Wildman–Crippen MR) is 121 cm³/mol. The number of hydrogen-bond acceptors (Lipinski definition) is 5. The quantitative estimate of drug-likeness (QED) is 0.484. The van der Waals surface area contributed by atoms with Gasteiger partial charge in [-0.25, -0.2) is 17.4 Å². The average Bonchev–Trinajstić information content (AvgIpc) is 3.20. The highest BCUT2D eigenvalue weighted by molar-refractivity contribution is 7.90. The van der Waals surface area contributed by atoms with E-state index in [1.54, 1.807) is 24.4 Å². The minimum Gasteiger partial charge on any atom is -0.353 e. The molecule has 0 N–H and O–H groups in total. The van der Waals surface area contributed by atoms with E-state index in [4.69, 9.17) is 16.6 Å². The van der Waals surface area contributed by atoms with Crippen molar-refractivity contribution in [2.75, 3.05) is 38.1 Å². The Morgan fingerprint density at radius 3 is 2.47 bits per heavy atom. The highest BCUT2D eigenvalue weighted by atomic mass is 35.5. The molecule has 1 aliphatic heterocycles. The number of benzene rings is 2. The molecule has 2 aromatic heterocycles. The predicted octanol–water partition coefficient (Wildman–Crippen LogP) is 3.83. The molecule has 0 unspecified atom stereocenters. The number of rotatable bonds is 3. The lowest BCUT2D eigenvalue weighted by Crippen LogP contribution is -2.44. The minimum absolute atomic E-state index is 0.162. The summed E-state index contributed by atoms with van der Waals surface area (Å²) in [6.07, 6.45) is 1.62. The van der Waals surface area contributed by atoms with Gasteiger partial charge >= 0.3 is 0 Å². The van der Waals surface area contributed by atoms with E-state index < -0.39 is 10.0 Å². The number of likely N-dealkylation sites (N-methyl/N-ethyl adjacent to an activating group) is 1. The fraction of sp³-hybridized carbons (Fsp3) is 0.227. The molecule has 4 aromatic rings. The van der Waals surface area contributed by atoms with Crippen LogP contribution >= 0.6 is 11.6 Å². The Morgan fingerprint density at radius 1 is 0.933 bits per heavy atom. The zero-order valence-electron chi connectivity index (χ0n) is 16.5. The van der Waals surface area contributed by atoms with Gasteiger partial charge in [-0.15, -0.1) is 0 Å².